The maximum atomic E-state index is 9.88. The Morgan fingerprint density at radius 3 is 2.39 bits per heavy atom. The van der Waals surface area contributed by atoms with Crippen LogP contribution in [0.1, 0.15) is 75.8 Å². The zero-order chi connectivity index (χ0) is 22.2. The number of aryl methyl sites for hydroxylation is 2. The molecule has 0 unspecified atom stereocenters. The number of hydrogen-bond donors (Lipinski definition) is 1. The molecular weight excluding hydrogens is 380 g/mol. The standard InChI is InChI=1S/C28H38N2O/c1-3-4-5-6-7-8-9-10-11-12-13-14-15-18-25-23-27(31)20-21-28(25)30-29-26-19-16-17-24(2)22-26/h5-6,8-9,16-17,19-23,31H,3-4,7,10-15,18H2,1-2H3/b6-5+,9-8+,30-29?. The molecule has 0 atom stereocenters. The number of phenolic OH excluding ortho intramolecular Hbond substituents is 1. The van der Waals surface area contributed by atoms with Gasteiger partial charge in [-0.2, -0.15) is 10.2 Å². The van der Waals surface area contributed by atoms with Gasteiger partial charge in [-0.05, 0) is 86.9 Å². The molecule has 1 N–H and O–H groups in total. The van der Waals surface area contributed by atoms with Crippen molar-refractivity contribution < 1.29 is 5.11 Å². The Labute approximate surface area is 188 Å². The molecule has 0 bridgehead atoms. The number of phenols is 1. The highest BCUT2D eigenvalue weighted by Crippen LogP contribution is 2.28. The Balaban J connectivity index is 1.69. The van der Waals surface area contributed by atoms with Gasteiger partial charge in [0.05, 0.1) is 11.4 Å². The topological polar surface area (TPSA) is 45.0 Å². The van der Waals surface area contributed by atoms with Gasteiger partial charge in [-0.25, -0.2) is 0 Å². The molecule has 0 aliphatic heterocycles. The van der Waals surface area contributed by atoms with E-state index in [1.165, 1.54) is 50.5 Å². The first-order valence-corrected chi connectivity index (χ1v) is 11.8. The third kappa shape index (κ3) is 10.8. The quantitative estimate of drug-likeness (QED) is 0.185. The number of rotatable bonds is 14. The average molecular weight is 419 g/mol. The Kier molecular flexibility index (Phi) is 12.0. The average Bonchev–Trinajstić information content (AvgIpc) is 2.76. The number of unbranched alkanes of at least 4 members (excludes halogenated alkanes) is 6. The lowest BCUT2D eigenvalue weighted by molar-refractivity contribution is 0.474. The van der Waals surface area contributed by atoms with Crippen molar-refractivity contribution in [3.8, 4) is 5.75 Å². The maximum absolute atomic E-state index is 9.88. The zero-order valence-corrected chi connectivity index (χ0v) is 19.3. The number of allylic oxidation sites excluding steroid dienone is 4. The smallest absolute Gasteiger partial charge is 0.116 e. The van der Waals surface area contributed by atoms with E-state index in [4.69, 9.17) is 0 Å². The van der Waals surface area contributed by atoms with Gasteiger partial charge in [0.2, 0.25) is 0 Å². The highest BCUT2D eigenvalue weighted by molar-refractivity contribution is 5.50. The second-order valence-electron chi connectivity index (χ2n) is 8.13. The number of benzene rings is 2. The molecule has 0 heterocycles. The normalized spacial score (nSPS) is 11.9. The van der Waals surface area contributed by atoms with Crippen molar-refractivity contribution in [2.45, 2.75) is 78.1 Å². The Hall–Kier alpha value is -2.68. The van der Waals surface area contributed by atoms with Crippen LogP contribution in [0.25, 0.3) is 0 Å². The van der Waals surface area contributed by atoms with Gasteiger partial charge in [0.1, 0.15) is 5.75 Å². The van der Waals surface area contributed by atoms with Crippen LogP contribution in [0, 0.1) is 6.92 Å². The minimum absolute atomic E-state index is 0.292. The second-order valence-corrected chi connectivity index (χ2v) is 8.13. The molecule has 2 aromatic carbocycles. The van der Waals surface area contributed by atoms with Gasteiger partial charge >= 0.3 is 0 Å². The van der Waals surface area contributed by atoms with Gasteiger partial charge in [0.25, 0.3) is 0 Å². The van der Waals surface area contributed by atoms with Crippen LogP contribution in [0.5, 0.6) is 5.75 Å². The summed E-state index contributed by atoms with van der Waals surface area (Å²) in [6.07, 6.45) is 20.8. The first kappa shape index (κ1) is 24.6. The second kappa shape index (κ2) is 15.2. The molecule has 0 amide bonds. The van der Waals surface area contributed by atoms with Crippen LogP contribution in [0.15, 0.2) is 77.0 Å². The number of hydrogen-bond acceptors (Lipinski definition) is 3. The molecule has 0 aromatic heterocycles. The van der Waals surface area contributed by atoms with Crippen LogP contribution in [0.2, 0.25) is 0 Å². The van der Waals surface area contributed by atoms with E-state index < -0.39 is 0 Å². The molecule has 31 heavy (non-hydrogen) atoms. The molecule has 2 rings (SSSR count). The summed E-state index contributed by atoms with van der Waals surface area (Å²) in [6, 6.07) is 13.4. The van der Waals surface area contributed by atoms with E-state index in [0.29, 0.717) is 5.75 Å². The van der Waals surface area contributed by atoms with Crippen LogP contribution >= 0.6 is 0 Å². The van der Waals surface area contributed by atoms with E-state index in [0.717, 1.165) is 36.2 Å². The highest BCUT2D eigenvalue weighted by Gasteiger charge is 2.04. The molecule has 0 radical (unpaired) electrons. The molecule has 3 heteroatoms. The van der Waals surface area contributed by atoms with Crippen LogP contribution in [0.4, 0.5) is 11.4 Å². The number of azo groups is 1. The Morgan fingerprint density at radius 2 is 1.58 bits per heavy atom. The first-order chi connectivity index (χ1) is 15.2. The van der Waals surface area contributed by atoms with Gasteiger partial charge in [0.15, 0.2) is 0 Å². The molecule has 0 fully saturated rings. The van der Waals surface area contributed by atoms with E-state index >= 15 is 0 Å². The summed E-state index contributed by atoms with van der Waals surface area (Å²) < 4.78 is 0. The van der Waals surface area contributed by atoms with Crippen LogP contribution < -0.4 is 0 Å². The van der Waals surface area contributed by atoms with Crippen molar-refractivity contribution >= 4 is 11.4 Å². The summed E-state index contributed by atoms with van der Waals surface area (Å²) in [4.78, 5) is 0. The fourth-order valence-electron chi connectivity index (χ4n) is 3.45. The van der Waals surface area contributed by atoms with E-state index in [1.807, 2.05) is 43.3 Å². The molecule has 0 aliphatic rings. The summed E-state index contributed by atoms with van der Waals surface area (Å²) in [5, 5.41) is 18.7. The van der Waals surface area contributed by atoms with Crippen molar-refractivity contribution in [1.82, 2.24) is 0 Å². The third-order valence-electron chi connectivity index (χ3n) is 5.22. The van der Waals surface area contributed by atoms with Gasteiger partial charge < -0.3 is 5.11 Å². The fraction of sp³-hybridized carbons (Fsp3) is 0.429. The Morgan fingerprint density at radius 1 is 0.806 bits per heavy atom. The van der Waals surface area contributed by atoms with Crippen molar-refractivity contribution in [2.24, 2.45) is 10.2 Å². The summed E-state index contributed by atoms with van der Waals surface area (Å²) in [7, 11) is 0. The lowest BCUT2D eigenvalue weighted by atomic mass is 10.0. The molecule has 2 aromatic rings. The van der Waals surface area contributed by atoms with Crippen molar-refractivity contribution in [3.63, 3.8) is 0 Å². The van der Waals surface area contributed by atoms with E-state index in [-0.39, 0.29) is 0 Å². The Bertz CT molecular complexity index is 852. The maximum Gasteiger partial charge on any atom is 0.116 e. The van der Waals surface area contributed by atoms with Gasteiger partial charge in [-0.3, -0.25) is 0 Å². The van der Waals surface area contributed by atoms with Crippen LogP contribution in [-0.2, 0) is 6.42 Å². The molecule has 3 nitrogen and oxygen atoms in total. The first-order valence-electron chi connectivity index (χ1n) is 11.8. The molecule has 0 saturated carbocycles. The minimum Gasteiger partial charge on any atom is -0.508 e. The zero-order valence-electron chi connectivity index (χ0n) is 19.3. The number of aromatic hydroxyl groups is 1. The SMILES string of the molecule is CCC/C=C/C/C=C/CCCCCCCc1cc(O)ccc1N=Nc1cccc(C)c1. The predicted molar refractivity (Wildman–Crippen MR) is 133 cm³/mol. The summed E-state index contributed by atoms with van der Waals surface area (Å²) in [5.74, 6) is 0.292. The van der Waals surface area contributed by atoms with Crippen molar-refractivity contribution in [1.29, 1.82) is 0 Å². The predicted octanol–water partition coefficient (Wildman–Crippen LogP) is 9.30. The lowest BCUT2D eigenvalue weighted by Crippen LogP contribution is -1.87. The van der Waals surface area contributed by atoms with Gasteiger partial charge in [-0.15, -0.1) is 0 Å². The van der Waals surface area contributed by atoms with E-state index in [9.17, 15) is 5.11 Å². The molecular formula is C28H38N2O. The molecule has 0 aliphatic carbocycles. The summed E-state index contributed by atoms with van der Waals surface area (Å²) in [6.45, 7) is 4.26. The highest BCUT2D eigenvalue weighted by atomic mass is 16.3. The fourth-order valence-corrected chi connectivity index (χ4v) is 3.45. The summed E-state index contributed by atoms with van der Waals surface area (Å²) in [5.41, 5.74) is 3.93. The minimum atomic E-state index is 0.292. The van der Waals surface area contributed by atoms with Crippen LogP contribution in [-0.4, -0.2) is 5.11 Å². The van der Waals surface area contributed by atoms with Crippen molar-refractivity contribution in [2.75, 3.05) is 0 Å². The third-order valence-corrected chi connectivity index (χ3v) is 5.22. The van der Waals surface area contributed by atoms with Crippen LogP contribution in [0.3, 0.4) is 0 Å². The van der Waals surface area contributed by atoms with Gasteiger partial charge in [0, 0.05) is 0 Å². The van der Waals surface area contributed by atoms with E-state index in [1.54, 1.807) is 6.07 Å². The lowest BCUT2D eigenvalue weighted by Gasteiger charge is -2.06. The number of nitrogens with zero attached hydrogens (tertiary/aromatic N) is 2. The summed E-state index contributed by atoms with van der Waals surface area (Å²) >= 11 is 0. The molecule has 0 spiro atoms. The van der Waals surface area contributed by atoms with Gasteiger partial charge in [-0.1, -0.05) is 69.0 Å². The largest absolute Gasteiger partial charge is 0.508 e. The molecule has 166 valence electrons. The van der Waals surface area contributed by atoms with Crippen molar-refractivity contribution in [3.05, 3.63) is 77.9 Å². The molecule has 0 saturated heterocycles. The van der Waals surface area contributed by atoms with E-state index in [2.05, 4.69) is 41.5 Å². The monoisotopic (exact) mass is 418 g/mol.